The zero-order valence-corrected chi connectivity index (χ0v) is 10.5. The molecule has 0 spiro atoms. The summed E-state index contributed by atoms with van der Waals surface area (Å²) in [5.41, 5.74) is 0.984. The van der Waals surface area contributed by atoms with Crippen molar-refractivity contribution in [3.05, 3.63) is 30.1 Å². The SMILES string of the molecule is CCCN(CC(=O)O)C(=O)CCc1cccnc1. The Bertz CT molecular complexity index is 392. The highest BCUT2D eigenvalue weighted by Gasteiger charge is 2.15. The summed E-state index contributed by atoms with van der Waals surface area (Å²) in [5.74, 6) is -1.10. The number of hydrogen-bond acceptors (Lipinski definition) is 3. The molecule has 1 aromatic heterocycles. The van der Waals surface area contributed by atoms with Crippen molar-refractivity contribution in [1.82, 2.24) is 9.88 Å². The van der Waals surface area contributed by atoms with Crippen molar-refractivity contribution in [1.29, 1.82) is 0 Å². The van der Waals surface area contributed by atoms with E-state index in [1.165, 1.54) is 4.90 Å². The fourth-order valence-electron chi connectivity index (χ4n) is 1.68. The molecule has 0 fully saturated rings. The van der Waals surface area contributed by atoms with Crippen molar-refractivity contribution in [2.45, 2.75) is 26.2 Å². The minimum Gasteiger partial charge on any atom is -0.480 e. The van der Waals surface area contributed by atoms with Crippen LogP contribution in [0.15, 0.2) is 24.5 Å². The van der Waals surface area contributed by atoms with Crippen molar-refractivity contribution >= 4 is 11.9 Å². The maximum atomic E-state index is 11.9. The number of amides is 1. The Morgan fingerprint density at radius 1 is 1.44 bits per heavy atom. The number of carboxylic acids is 1. The second-order valence-electron chi connectivity index (χ2n) is 4.07. The van der Waals surface area contributed by atoms with Crippen LogP contribution in [0.3, 0.4) is 0 Å². The fourth-order valence-corrected chi connectivity index (χ4v) is 1.68. The summed E-state index contributed by atoms with van der Waals surface area (Å²) < 4.78 is 0. The van der Waals surface area contributed by atoms with Crippen LogP contribution in [0.2, 0.25) is 0 Å². The first-order valence-electron chi connectivity index (χ1n) is 6.02. The third kappa shape index (κ3) is 4.95. The lowest BCUT2D eigenvalue weighted by atomic mass is 10.1. The van der Waals surface area contributed by atoms with Gasteiger partial charge in [-0.25, -0.2) is 0 Å². The smallest absolute Gasteiger partial charge is 0.323 e. The average Bonchev–Trinajstić information content (AvgIpc) is 2.36. The van der Waals surface area contributed by atoms with Crippen molar-refractivity contribution in [3.63, 3.8) is 0 Å². The average molecular weight is 250 g/mol. The number of aromatic nitrogens is 1. The van der Waals surface area contributed by atoms with Gasteiger partial charge >= 0.3 is 5.97 Å². The van der Waals surface area contributed by atoms with E-state index in [-0.39, 0.29) is 12.5 Å². The van der Waals surface area contributed by atoms with Crippen LogP contribution in [0.4, 0.5) is 0 Å². The number of nitrogens with zero attached hydrogens (tertiary/aromatic N) is 2. The van der Waals surface area contributed by atoms with Gasteiger partial charge in [0.15, 0.2) is 0 Å². The van der Waals surface area contributed by atoms with Gasteiger partial charge in [-0.05, 0) is 24.5 Å². The monoisotopic (exact) mass is 250 g/mol. The molecule has 0 unspecified atom stereocenters. The molecule has 5 nitrogen and oxygen atoms in total. The van der Waals surface area contributed by atoms with Crippen LogP contribution in [-0.2, 0) is 16.0 Å². The van der Waals surface area contributed by atoms with Gasteiger partial charge < -0.3 is 10.0 Å². The van der Waals surface area contributed by atoms with Gasteiger partial charge in [0.2, 0.25) is 5.91 Å². The number of carboxylic acid groups (broad SMARTS) is 1. The van der Waals surface area contributed by atoms with Crippen LogP contribution >= 0.6 is 0 Å². The summed E-state index contributed by atoms with van der Waals surface area (Å²) in [6.07, 6.45) is 5.06. The minimum atomic E-state index is -0.974. The quantitative estimate of drug-likeness (QED) is 0.792. The molecule has 0 bridgehead atoms. The molecule has 0 atom stereocenters. The molecule has 0 aliphatic heterocycles. The van der Waals surface area contributed by atoms with Crippen molar-refractivity contribution in [2.75, 3.05) is 13.1 Å². The third-order valence-electron chi connectivity index (χ3n) is 2.52. The van der Waals surface area contributed by atoms with Gasteiger partial charge in [0.05, 0.1) is 0 Å². The first kappa shape index (κ1) is 14.2. The first-order valence-corrected chi connectivity index (χ1v) is 6.02. The lowest BCUT2D eigenvalue weighted by Crippen LogP contribution is -2.36. The number of aryl methyl sites for hydroxylation is 1. The van der Waals surface area contributed by atoms with Gasteiger partial charge in [0.1, 0.15) is 6.54 Å². The van der Waals surface area contributed by atoms with Gasteiger partial charge in [-0.2, -0.15) is 0 Å². The largest absolute Gasteiger partial charge is 0.480 e. The third-order valence-corrected chi connectivity index (χ3v) is 2.52. The molecule has 1 amide bonds. The predicted octanol–water partition coefficient (Wildman–Crippen LogP) is 1.34. The van der Waals surface area contributed by atoms with Crippen LogP contribution in [0.1, 0.15) is 25.3 Å². The number of carbonyl (C=O) groups excluding carboxylic acids is 1. The van der Waals surface area contributed by atoms with E-state index >= 15 is 0 Å². The zero-order valence-electron chi connectivity index (χ0n) is 10.5. The molecular formula is C13H18N2O3. The van der Waals surface area contributed by atoms with Crippen molar-refractivity contribution in [2.24, 2.45) is 0 Å². The standard InChI is InChI=1S/C13H18N2O3/c1-2-8-15(10-13(17)18)12(16)6-5-11-4-3-7-14-9-11/h3-4,7,9H,2,5-6,8,10H2,1H3,(H,17,18). The van der Waals surface area contributed by atoms with E-state index in [1.54, 1.807) is 12.4 Å². The van der Waals surface area contributed by atoms with Crippen LogP contribution in [0, 0.1) is 0 Å². The van der Waals surface area contributed by atoms with Crippen LogP contribution < -0.4 is 0 Å². The summed E-state index contributed by atoms with van der Waals surface area (Å²) >= 11 is 0. The molecule has 0 saturated heterocycles. The number of carbonyl (C=O) groups is 2. The molecule has 1 rings (SSSR count). The van der Waals surface area contributed by atoms with Gasteiger partial charge in [0, 0.05) is 25.4 Å². The van der Waals surface area contributed by atoms with E-state index in [0.29, 0.717) is 19.4 Å². The normalized spacial score (nSPS) is 10.1. The van der Waals surface area contributed by atoms with Crippen LogP contribution in [-0.4, -0.2) is 40.0 Å². The summed E-state index contributed by atoms with van der Waals surface area (Å²) in [4.78, 5) is 27.9. The molecule has 5 heteroatoms. The Balaban J connectivity index is 2.48. The zero-order chi connectivity index (χ0) is 13.4. The van der Waals surface area contributed by atoms with E-state index < -0.39 is 5.97 Å². The topological polar surface area (TPSA) is 70.5 Å². The summed E-state index contributed by atoms with van der Waals surface area (Å²) in [6.45, 7) is 2.18. The molecule has 0 radical (unpaired) electrons. The van der Waals surface area contributed by atoms with Gasteiger partial charge in [-0.3, -0.25) is 14.6 Å². The minimum absolute atomic E-state index is 0.122. The lowest BCUT2D eigenvalue weighted by molar-refractivity contribution is -0.144. The maximum absolute atomic E-state index is 11.9. The van der Waals surface area contributed by atoms with Gasteiger partial charge in [-0.15, -0.1) is 0 Å². The summed E-state index contributed by atoms with van der Waals surface area (Å²) in [5, 5.41) is 8.74. The fraction of sp³-hybridized carbons (Fsp3) is 0.462. The second-order valence-corrected chi connectivity index (χ2v) is 4.07. The Hall–Kier alpha value is -1.91. The van der Waals surface area contributed by atoms with E-state index in [4.69, 9.17) is 5.11 Å². The van der Waals surface area contributed by atoms with Gasteiger partial charge in [0.25, 0.3) is 0 Å². The van der Waals surface area contributed by atoms with E-state index in [1.807, 2.05) is 19.1 Å². The number of aliphatic carboxylic acids is 1. The Morgan fingerprint density at radius 2 is 2.22 bits per heavy atom. The molecule has 0 aromatic carbocycles. The molecule has 18 heavy (non-hydrogen) atoms. The molecule has 98 valence electrons. The Kier molecular flexibility index (Phi) is 5.84. The lowest BCUT2D eigenvalue weighted by Gasteiger charge is -2.19. The number of rotatable bonds is 7. The highest BCUT2D eigenvalue weighted by molar-refractivity contribution is 5.81. The molecule has 1 N–H and O–H groups in total. The van der Waals surface area contributed by atoms with Gasteiger partial charge in [-0.1, -0.05) is 13.0 Å². The molecular weight excluding hydrogens is 232 g/mol. The molecule has 1 aromatic rings. The molecule has 0 aliphatic carbocycles. The van der Waals surface area contributed by atoms with Crippen LogP contribution in [0.25, 0.3) is 0 Å². The summed E-state index contributed by atoms with van der Waals surface area (Å²) in [7, 11) is 0. The van der Waals surface area contributed by atoms with Crippen molar-refractivity contribution in [3.8, 4) is 0 Å². The van der Waals surface area contributed by atoms with E-state index in [2.05, 4.69) is 4.98 Å². The van der Waals surface area contributed by atoms with E-state index in [0.717, 1.165) is 12.0 Å². The maximum Gasteiger partial charge on any atom is 0.323 e. The first-order chi connectivity index (χ1) is 8.63. The second kappa shape index (κ2) is 7.42. The van der Waals surface area contributed by atoms with Crippen molar-refractivity contribution < 1.29 is 14.7 Å². The highest BCUT2D eigenvalue weighted by atomic mass is 16.4. The number of pyridine rings is 1. The number of hydrogen-bond donors (Lipinski definition) is 1. The molecule has 0 aliphatic rings. The Morgan fingerprint density at radius 3 is 2.78 bits per heavy atom. The highest BCUT2D eigenvalue weighted by Crippen LogP contribution is 2.04. The predicted molar refractivity (Wildman–Crippen MR) is 67.1 cm³/mol. The van der Waals surface area contributed by atoms with Crippen LogP contribution in [0.5, 0.6) is 0 Å². The molecule has 0 saturated carbocycles. The van der Waals surface area contributed by atoms with E-state index in [9.17, 15) is 9.59 Å². The molecule has 1 heterocycles. The summed E-state index contributed by atoms with van der Waals surface area (Å²) in [6, 6.07) is 3.72. The Labute approximate surface area is 106 Å².